The Labute approximate surface area is 120 Å². The molecular formula is C15H12F2N2O2. The summed E-state index contributed by atoms with van der Waals surface area (Å²) in [6.45, 7) is 0. The van der Waals surface area contributed by atoms with Crippen LogP contribution in [0.4, 0.5) is 8.78 Å². The van der Waals surface area contributed by atoms with Crippen molar-refractivity contribution in [3.63, 3.8) is 0 Å². The SMILES string of the molecule is CN(NC(=O)c1ccc(F)cc1)C(=O)c1ccc(F)cc1. The fourth-order valence-electron chi connectivity index (χ4n) is 1.66. The second-order valence-electron chi connectivity index (χ2n) is 4.32. The molecule has 2 aromatic carbocycles. The van der Waals surface area contributed by atoms with Gasteiger partial charge in [-0.05, 0) is 48.5 Å². The highest BCUT2D eigenvalue weighted by Gasteiger charge is 2.15. The number of carbonyl (C=O) groups excluding carboxylic acids is 2. The lowest BCUT2D eigenvalue weighted by atomic mass is 10.2. The Balaban J connectivity index is 2.05. The standard InChI is InChI=1S/C15H12F2N2O2/c1-19(15(21)11-4-8-13(17)9-5-11)18-14(20)10-2-6-12(16)7-3-10/h2-9H,1H3,(H,18,20). The van der Waals surface area contributed by atoms with Gasteiger partial charge < -0.3 is 0 Å². The Morgan fingerprint density at radius 2 is 1.29 bits per heavy atom. The van der Waals surface area contributed by atoms with E-state index in [1.807, 2.05) is 0 Å². The Kier molecular flexibility index (Phi) is 4.27. The maximum absolute atomic E-state index is 12.8. The van der Waals surface area contributed by atoms with E-state index in [1.165, 1.54) is 31.3 Å². The number of carbonyl (C=O) groups is 2. The van der Waals surface area contributed by atoms with Crippen molar-refractivity contribution in [3.05, 3.63) is 71.3 Å². The fourth-order valence-corrected chi connectivity index (χ4v) is 1.66. The number of amides is 2. The molecule has 0 fully saturated rings. The van der Waals surface area contributed by atoms with Crippen LogP contribution in [0.5, 0.6) is 0 Å². The number of nitrogens with zero attached hydrogens (tertiary/aromatic N) is 1. The van der Waals surface area contributed by atoms with E-state index in [1.54, 1.807) is 0 Å². The lowest BCUT2D eigenvalue weighted by molar-refractivity contribution is 0.0636. The average Bonchev–Trinajstić information content (AvgIpc) is 2.47. The molecule has 2 aromatic rings. The van der Waals surface area contributed by atoms with Crippen molar-refractivity contribution in [1.29, 1.82) is 0 Å². The lowest BCUT2D eigenvalue weighted by Crippen LogP contribution is -2.43. The van der Waals surface area contributed by atoms with Crippen LogP contribution < -0.4 is 5.43 Å². The van der Waals surface area contributed by atoms with Crippen molar-refractivity contribution in [1.82, 2.24) is 10.4 Å². The Bertz CT molecular complexity index is 654. The van der Waals surface area contributed by atoms with Crippen LogP contribution in [-0.2, 0) is 0 Å². The number of benzene rings is 2. The summed E-state index contributed by atoms with van der Waals surface area (Å²) in [6.07, 6.45) is 0. The summed E-state index contributed by atoms with van der Waals surface area (Å²) in [4.78, 5) is 23.9. The zero-order valence-corrected chi connectivity index (χ0v) is 11.1. The second-order valence-corrected chi connectivity index (χ2v) is 4.32. The van der Waals surface area contributed by atoms with Crippen molar-refractivity contribution in [2.24, 2.45) is 0 Å². The molecule has 0 aliphatic rings. The number of hydrogen-bond acceptors (Lipinski definition) is 2. The topological polar surface area (TPSA) is 49.4 Å². The molecule has 0 spiro atoms. The van der Waals surface area contributed by atoms with Gasteiger partial charge in [-0.3, -0.25) is 20.0 Å². The molecular weight excluding hydrogens is 278 g/mol. The van der Waals surface area contributed by atoms with Gasteiger partial charge in [0, 0.05) is 18.2 Å². The van der Waals surface area contributed by atoms with E-state index in [4.69, 9.17) is 0 Å². The Morgan fingerprint density at radius 3 is 1.76 bits per heavy atom. The first-order valence-corrected chi connectivity index (χ1v) is 6.07. The molecule has 21 heavy (non-hydrogen) atoms. The van der Waals surface area contributed by atoms with Crippen LogP contribution in [0.25, 0.3) is 0 Å². The van der Waals surface area contributed by atoms with Crippen LogP contribution in [0.15, 0.2) is 48.5 Å². The van der Waals surface area contributed by atoms with Gasteiger partial charge in [-0.1, -0.05) is 0 Å². The Hall–Kier alpha value is -2.76. The number of halogens is 2. The van der Waals surface area contributed by atoms with Crippen molar-refractivity contribution in [3.8, 4) is 0 Å². The molecule has 0 heterocycles. The molecule has 108 valence electrons. The zero-order valence-electron chi connectivity index (χ0n) is 11.1. The van der Waals surface area contributed by atoms with E-state index in [-0.39, 0.29) is 11.1 Å². The second kappa shape index (κ2) is 6.13. The van der Waals surface area contributed by atoms with Crippen LogP contribution in [0, 0.1) is 11.6 Å². The molecule has 0 saturated heterocycles. The number of rotatable bonds is 2. The largest absolute Gasteiger partial charge is 0.272 e. The molecule has 0 aromatic heterocycles. The van der Waals surface area contributed by atoms with Crippen LogP contribution in [0.2, 0.25) is 0 Å². The number of nitrogens with one attached hydrogen (secondary N) is 1. The first-order valence-electron chi connectivity index (χ1n) is 6.07. The summed E-state index contributed by atoms with van der Waals surface area (Å²) in [7, 11) is 1.37. The van der Waals surface area contributed by atoms with Crippen LogP contribution in [0.1, 0.15) is 20.7 Å². The van der Waals surface area contributed by atoms with Crippen LogP contribution in [0.3, 0.4) is 0 Å². The minimum Gasteiger partial charge on any atom is -0.267 e. The van der Waals surface area contributed by atoms with Gasteiger partial charge in [0.2, 0.25) is 0 Å². The molecule has 0 radical (unpaired) electrons. The van der Waals surface area contributed by atoms with E-state index >= 15 is 0 Å². The van der Waals surface area contributed by atoms with E-state index in [9.17, 15) is 18.4 Å². The molecule has 0 aliphatic heterocycles. The normalized spacial score (nSPS) is 10.0. The zero-order chi connectivity index (χ0) is 15.4. The summed E-state index contributed by atoms with van der Waals surface area (Å²) in [5, 5.41) is 0.985. The molecule has 0 unspecified atom stereocenters. The smallest absolute Gasteiger partial charge is 0.267 e. The molecule has 2 rings (SSSR count). The van der Waals surface area contributed by atoms with Crippen molar-refractivity contribution < 1.29 is 18.4 Å². The molecule has 0 saturated carbocycles. The van der Waals surface area contributed by atoms with E-state index in [2.05, 4.69) is 5.43 Å². The first kappa shape index (κ1) is 14.6. The van der Waals surface area contributed by atoms with Gasteiger partial charge in [0.15, 0.2) is 0 Å². The van der Waals surface area contributed by atoms with E-state index < -0.39 is 23.4 Å². The highest BCUT2D eigenvalue weighted by molar-refractivity contribution is 5.98. The van der Waals surface area contributed by atoms with Gasteiger partial charge in [0.05, 0.1) is 0 Å². The van der Waals surface area contributed by atoms with E-state index in [0.717, 1.165) is 29.3 Å². The van der Waals surface area contributed by atoms with Gasteiger partial charge in [-0.15, -0.1) is 0 Å². The third kappa shape index (κ3) is 3.62. The minimum atomic E-state index is -0.548. The summed E-state index contributed by atoms with van der Waals surface area (Å²) in [5.74, 6) is -1.95. The Morgan fingerprint density at radius 1 is 0.857 bits per heavy atom. The first-order chi connectivity index (χ1) is 9.97. The molecule has 0 bridgehead atoms. The molecule has 0 atom stereocenters. The summed E-state index contributed by atoms with van der Waals surface area (Å²) in [6, 6.07) is 9.86. The lowest BCUT2D eigenvalue weighted by Gasteiger charge is -2.18. The maximum Gasteiger partial charge on any atom is 0.272 e. The predicted molar refractivity (Wildman–Crippen MR) is 72.4 cm³/mol. The minimum absolute atomic E-state index is 0.218. The van der Waals surface area contributed by atoms with Crippen LogP contribution in [-0.4, -0.2) is 23.9 Å². The fraction of sp³-hybridized carbons (Fsp3) is 0.0667. The van der Waals surface area contributed by atoms with E-state index in [0.29, 0.717) is 0 Å². The monoisotopic (exact) mass is 290 g/mol. The quantitative estimate of drug-likeness (QED) is 0.863. The molecule has 1 N–H and O–H groups in total. The highest BCUT2D eigenvalue weighted by Crippen LogP contribution is 2.06. The van der Waals surface area contributed by atoms with Gasteiger partial charge in [0.25, 0.3) is 11.8 Å². The van der Waals surface area contributed by atoms with Crippen LogP contribution >= 0.6 is 0 Å². The van der Waals surface area contributed by atoms with Gasteiger partial charge in [-0.25, -0.2) is 8.78 Å². The summed E-state index contributed by atoms with van der Waals surface area (Å²) < 4.78 is 25.6. The molecule has 6 heteroatoms. The van der Waals surface area contributed by atoms with Gasteiger partial charge in [-0.2, -0.15) is 0 Å². The summed E-state index contributed by atoms with van der Waals surface area (Å²) in [5.41, 5.74) is 2.81. The number of hydrogen-bond donors (Lipinski definition) is 1. The third-order valence-electron chi connectivity index (χ3n) is 2.77. The van der Waals surface area contributed by atoms with Gasteiger partial charge >= 0.3 is 0 Å². The maximum atomic E-state index is 12.8. The third-order valence-corrected chi connectivity index (χ3v) is 2.77. The molecule has 0 aliphatic carbocycles. The molecule has 2 amide bonds. The highest BCUT2D eigenvalue weighted by atomic mass is 19.1. The number of hydrazine groups is 1. The van der Waals surface area contributed by atoms with Gasteiger partial charge in [0.1, 0.15) is 11.6 Å². The van der Waals surface area contributed by atoms with Crippen molar-refractivity contribution >= 4 is 11.8 Å². The van der Waals surface area contributed by atoms with Crippen molar-refractivity contribution in [2.75, 3.05) is 7.05 Å². The van der Waals surface area contributed by atoms with Crippen molar-refractivity contribution in [2.45, 2.75) is 0 Å². The average molecular weight is 290 g/mol. The molecule has 4 nitrogen and oxygen atoms in total. The predicted octanol–water partition coefficient (Wildman–Crippen LogP) is 2.38. The summed E-state index contributed by atoms with van der Waals surface area (Å²) >= 11 is 0.